The zero-order valence-corrected chi connectivity index (χ0v) is 8.20. The molecule has 0 fully saturated rings. The third-order valence-electron chi connectivity index (χ3n) is 2.27. The molecule has 0 aliphatic carbocycles. The average Bonchev–Trinajstić information content (AvgIpc) is 2.09. The average molecular weight is 176 g/mol. The summed E-state index contributed by atoms with van der Waals surface area (Å²) in [6, 6.07) is 7.43. The van der Waals surface area contributed by atoms with Gasteiger partial charge in [0.05, 0.1) is 0 Å². The molecular formula is C12H16O. The van der Waals surface area contributed by atoms with Crippen LogP contribution in [0.5, 0.6) is 5.75 Å². The minimum absolute atomic E-state index is 0.237. The molecule has 1 atom stereocenters. The third kappa shape index (κ3) is 2.11. The molecule has 13 heavy (non-hydrogen) atoms. The second kappa shape index (κ2) is 4.13. The van der Waals surface area contributed by atoms with Crippen LogP contribution in [0.1, 0.15) is 25.3 Å². The summed E-state index contributed by atoms with van der Waals surface area (Å²) in [7, 11) is 0. The number of allylic oxidation sites excluding steroid dienone is 1. The van der Waals surface area contributed by atoms with Gasteiger partial charge in [0.1, 0.15) is 5.75 Å². The number of rotatable bonds is 3. The first-order valence-corrected chi connectivity index (χ1v) is 4.57. The Bertz CT molecular complexity index is 289. The van der Waals surface area contributed by atoms with Crippen molar-refractivity contribution < 1.29 is 5.11 Å². The van der Waals surface area contributed by atoms with Crippen molar-refractivity contribution in [1.29, 1.82) is 0 Å². The largest absolute Gasteiger partial charge is 0.508 e. The van der Waals surface area contributed by atoms with E-state index in [9.17, 15) is 5.11 Å². The van der Waals surface area contributed by atoms with Crippen LogP contribution in [0.4, 0.5) is 0 Å². The summed E-state index contributed by atoms with van der Waals surface area (Å²) in [5.41, 5.74) is 0.965. The summed E-state index contributed by atoms with van der Waals surface area (Å²) in [5, 5.41) is 9.61. The fourth-order valence-corrected chi connectivity index (χ4v) is 1.53. The molecule has 1 N–H and O–H groups in total. The maximum atomic E-state index is 9.61. The van der Waals surface area contributed by atoms with E-state index in [1.165, 1.54) is 0 Å². The molecule has 0 aliphatic rings. The first kappa shape index (κ1) is 9.85. The molecule has 0 aromatic heterocycles. The molecule has 0 saturated heterocycles. The molecule has 0 amide bonds. The van der Waals surface area contributed by atoms with Crippen molar-refractivity contribution in [2.24, 2.45) is 5.92 Å². The first-order valence-electron chi connectivity index (χ1n) is 4.57. The van der Waals surface area contributed by atoms with E-state index >= 15 is 0 Å². The Labute approximate surface area is 79.7 Å². The Kier molecular flexibility index (Phi) is 3.13. The smallest absolute Gasteiger partial charge is 0.119 e. The van der Waals surface area contributed by atoms with Crippen LogP contribution < -0.4 is 0 Å². The van der Waals surface area contributed by atoms with Crippen LogP contribution in [-0.4, -0.2) is 5.11 Å². The van der Waals surface area contributed by atoms with Crippen molar-refractivity contribution in [3.8, 4) is 5.75 Å². The van der Waals surface area contributed by atoms with Crippen LogP contribution in [-0.2, 0) is 0 Å². The predicted octanol–water partition coefficient (Wildman–Crippen LogP) is 3.32. The van der Waals surface area contributed by atoms with E-state index in [4.69, 9.17) is 0 Å². The summed E-state index contributed by atoms with van der Waals surface area (Å²) >= 11 is 0. The highest BCUT2D eigenvalue weighted by atomic mass is 16.3. The number of aromatic hydroxyl groups is 1. The van der Waals surface area contributed by atoms with E-state index in [-0.39, 0.29) is 5.92 Å². The molecular weight excluding hydrogens is 160 g/mol. The van der Waals surface area contributed by atoms with Gasteiger partial charge in [0.15, 0.2) is 0 Å². The van der Waals surface area contributed by atoms with Crippen LogP contribution in [0, 0.1) is 5.92 Å². The fraction of sp³-hybridized carbons (Fsp3) is 0.333. The second-order valence-electron chi connectivity index (χ2n) is 3.56. The number of hydrogen-bond acceptors (Lipinski definition) is 1. The Morgan fingerprint density at radius 2 is 1.92 bits per heavy atom. The molecule has 0 aliphatic heterocycles. The number of hydrogen-bond donors (Lipinski definition) is 1. The van der Waals surface area contributed by atoms with Gasteiger partial charge in [-0.1, -0.05) is 38.1 Å². The van der Waals surface area contributed by atoms with Crippen LogP contribution in [0.2, 0.25) is 0 Å². The SMILES string of the molecule is C=CC(c1ccccc1O)C(C)C. The summed E-state index contributed by atoms with van der Waals surface area (Å²) < 4.78 is 0. The van der Waals surface area contributed by atoms with E-state index in [1.807, 2.05) is 24.3 Å². The molecule has 1 aromatic rings. The lowest BCUT2D eigenvalue weighted by Crippen LogP contribution is -2.03. The summed E-state index contributed by atoms with van der Waals surface area (Å²) in [5.74, 6) is 1.06. The van der Waals surface area contributed by atoms with E-state index in [0.29, 0.717) is 11.7 Å². The van der Waals surface area contributed by atoms with Gasteiger partial charge in [-0.15, -0.1) is 6.58 Å². The van der Waals surface area contributed by atoms with Gasteiger partial charge >= 0.3 is 0 Å². The third-order valence-corrected chi connectivity index (χ3v) is 2.27. The first-order chi connectivity index (χ1) is 6.16. The quantitative estimate of drug-likeness (QED) is 0.700. The molecule has 1 rings (SSSR count). The molecule has 1 unspecified atom stereocenters. The van der Waals surface area contributed by atoms with Gasteiger partial charge in [0.2, 0.25) is 0 Å². The molecule has 1 aromatic carbocycles. The minimum Gasteiger partial charge on any atom is -0.508 e. The van der Waals surface area contributed by atoms with Gasteiger partial charge in [-0.3, -0.25) is 0 Å². The van der Waals surface area contributed by atoms with Gasteiger partial charge in [-0.05, 0) is 12.0 Å². The number of phenols is 1. The van der Waals surface area contributed by atoms with Gasteiger partial charge in [0.25, 0.3) is 0 Å². The molecule has 1 nitrogen and oxygen atoms in total. The molecule has 1 heteroatoms. The second-order valence-corrected chi connectivity index (χ2v) is 3.56. The zero-order valence-electron chi connectivity index (χ0n) is 8.20. The highest BCUT2D eigenvalue weighted by molar-refractivity contribution is 5.37. The number of phenolic OH excluding ortho intramolecular Hbond substituents is 1. The lowest BCUT2D eigenvalue weighted by molar-refractivity contribution is 0.454. The van der Waals surface area contributed by atoms with Crippen LogP contribution in [0.3, 0.4) is 0 Å². The Balaban J connectivity index is 3.04. The zero-order chi connectivity index (χ0) is 9.84. The fourth-order valence-electron chi connectivity index (χ4n) is 1.53. The van der Waals surface area contributed by atoms with E-state index in [2.05, 4.69) is 20.4 Å². The predicted molar refractivity (Wildman–Crippen MR) is 55.9 cm³/mol. The van der Waals surface area contributed by atoms with Crippen LogP contribution in [0.15, 0.2) is 36.9 Å². The topological polar surface area (TPSA) is 20.2 Å². The minimum atomic E-state index is 0.237. The molecule has 0 saturated carbocycles. The summed E-state index contributed by atoms with van der Waals surface area (Å²) in [4.78, 5) is 0. The van der Waals surface area contributed by atoms with Gasteiger partial charge < -0.3 is 5.11 Å². The molecule has 70 valence electrons. The van der Waals surface area contributed by atoms with E-state index in [1.54, 1.807) is 6.07 Å². The monoisotopic (exact) mass is 176 g/mol. The van der Waals surface area contributed by atoms with Crippen molar-refractivity contribution in [3.63, 3.8) is 0 Å². The highest BCUT2D eigenvalue weighted by Crippen LogP contribution is 2.31. The molecule has 0 bridgehead atoms. The van der Waals surface area contributed by atoms with Crippen LogP contribution >= 0.6 is 0 Å². The normalized spacial score (nSPS) is 12.8. The summed E-state index contributed by atoms with van der Waals surface area (Å²) in [6.07, 6.45) is 1.89. The van der Waals surface area contributed by atoms with E-state index < -0.39 is 0 Å². The molecule has 0 heterocycles. The Hall–Kier alpha value is -1.24. The van der Waals surface area contributed by atoms with Crippen molar-refractivity contribution >= 4 is 0 Å². The van der Waals surface area contributed by atoms with E-state index in [0.717, 1.165) is 5.56 Å². The van der Waals surface area contributed by atoms with Crippen molar-refractivity contribution in [2.75, 3.05) is 0 Å². The Morgan fingerprint density at radius 1 is 1.31 bits per heavy atom. The van der Waals surface area contributed by atoms with Gasteiger partial charge in [-0.25, -0.2) is 0 Å². The molecule has 0 spiro atoms. The van der Waals surface area contributed by atoms with Crippen LogP contribution in [0.25, 0.3) is 0 Å². The maximum absolute atomic E-state index is 9.61. The lowest BCUT2D eigenvalue weighted by atomic mass is 9.88. The molecule has 0 radical (unpaired) electrons. The maximum Gasteiger partial charge on any atom is 0.119 e. The Morgan fingerprint density at radius 3 is 2.38 bits per heavy atom. The lowest BCUT2D eigenvalue weighted by Gasteiger charge is -2.17. The van der Waals surface area contributed by atoms with Crippen molar-refractivity contribution in [3.05, 3.63) is 42.5 Å². The highest BCUT2D eigenvalue weighted by Gasteiger charge is 2.14. The van der Waals surface area contributed by atoms with Crippen molar-refractivity contribution in [1.82, 2.24) is 0 Å². The summed E-state index contributed by atoms with van der Waals surface area (Å²) in [6.45, 7) is 8.04. The number of para-hydroxylation sites is 1. The standard InChI is InChI=1S/C12H16O/c1-4-10(9(2)3)11-7-5-6-8-12(11)13/h4-10,13H,1H2,2-3H3. The number of benzene rings is 1. The van der Waals surface area contributed by atoms with Gasteiger partial charge in [-0.2, -0.15) is 0 Å². The van der Waals surface area contributed by atoms with Gasteiger partial charge in [0, 0.05) is 11.5 Å². The van der Waals surface area contributed by atoms with Crippen molar-refractivity contribution in [2.45, 2.75) is 19.8 Å².